The van der Waals surface area contributed by atoms with E-state index < -0.39 is 0 Å². The topological polar surface area (TPSA) is 44.9 Å². The van der Waals surface area contributed by atoms with Crippen LogP contribution in [-0.4, -0.2) is 38.9 Å². The van der Waals surface area contributed by atoms with E-state index in [0.29, 0.717) is 12.0 Å². The molecule has 3 rings (SSSR count). The van der Waals surface area contributed by atoms with Gasteiger partial charge in [-0.3, -0.25) is 4.40 Å². The molecule has 0 atom stereocenters. The number of nitrogens with one attached hydrogen (secondary N) is 1. The van der Waals surface area contributed by atoms with Crippen LogP contribution in [0.15, 0.2) is 22.8 Å². The maximum absolute atomic E-state index is 4.80. The largest absolute Gasteiger partial charge is 0.356 e. The minimum atomic E-state index is 0. The molecule has 1 aliphatic heterocycles. The van der Waals surface area contributed by atoms with Gasteiger partial charge in [0.2, 0.25) is 0 Å². The van der Waals surface area contributed by atoms with Crippen LogP contribution in [0, 0.1) is 5.41 Å². The van der Waals surface area contributed by atoms with Gasteiger partial charge in [-0.25, -0.2) is 9.98 Å². The maximum Gasteiger partial charge on any atom is 0.194 e. The first-order valence-corrected chi connectivity index (χ1v) is 8.70. The number of hydrogen-bond donors (Lipinski definition) is 1. The van der Waals surface area contributed by atoms with Crippen LogP contribution in [0.1, 0.15) is 40.3 Å². The highest BCUT2D eigenvalue weighted by Gasteiger charge is 2.53. The molecule has 3 heterocycles. The number of likely N-dealkylation sites (tertiary alicyclic amines) is 1. The molecule has 128 valence electrons. The summed E-state index contributed by atoms with van der Waals surface area (Å²) in [7, 11) is 0. The number of rotatable bonds is 3. The summed E-state index contributed by atoms with van der Waals surface area (Å²) >= 11 is 1.65. The van der Waals surface area contributed by atoms with Gasteiger partial charge < -0.3 is 10.2 Å². The van der Waals surface area contributed by atoms with Gasteiger partial charge in [0.25, 0.3) is 0 Å². The van der Waals surface area contributed by atoms with Gasteiger partial charge in [0.15, 0.2) is 10.9 Å². The molecule has 5 nitrogen and oxygen atoms in total. The van der Waals surface area contributed by atoms with Crippen molar-refractivity contribution in [3.05, 3.63) is 23.5 Å². The zero-order valence-corrected chi connectivity index (χ0v) is 17.6. The number of hydrogen-bond acceptors (Lipinski definition) is 3. The van der Waals surface area contributed by atoms with Gasteiger partial charge >= 0.3 is 0 Å². The molecule has 23 heavy (non-hydrogen) atoms. The molecule has 0 aromatic carbocycles. The third-order valence-corrected chi connectivity index (χ3v) is 5.78. The van der Waals surface area contributed by atoms with Gasteiger partial charge in [0.1, 0.15) is 0 Å². The fourth-order valence-corrected chi connectivity index (χ4v) is 3.52. The van der Waals surface area contributed by atoms with Crippen LogP contribution in [0.4, 0.5) is 0 Å². The summed E-state index contributed by atoms with van der Waals surface area (Å²) < 4.78 is 2.05. The predicted octanol–water partition coefficient (Wildman–Crippen LogP) is 3.60. The van der Waals surface area contributed by atoms with Crippen LogP contribution in [0.25, 0.3) is 4.96 Å². The zero-order valence-electron chi connectivity index (χ0n) is 14.5. The van der Waals surface area contributed by atoms with Gasteiger partial charge in [0, 0.05) is 41.8 Å². The summed E-state index contributed by atoms with van der Waals surface area (Å²) in [4.78, 5) is 12.8. The lowest BCUT2D eigenvalue weighted by Gasteiger charge is -2.62. The Bertz CT molecular complexity index is 672. The molecule has 0 spiro atoms. The van der Waals surface area contributed by atoms with Crippen LogP contribution in [0.2, 0.25) is 0 Å². The molecule has 2 aromatic heterocycles. The first kappa shape index (κ1) is 18.5. The normalized spacial score (nSPS) is 19.3. The molecule has 7 heteroatoms. The van der Waals surface area contributed by atoms with Crippen LogP contribution in [0.3, 0.4) is 0 Å². The second-order valence-corrected chi connectivity index (χ2v) is 7.90. The number of thiazole rings is 1. The second kappa shape index (κ2) is 6.58. The van der Waals surface area contributed by atoms with Crippen molar-refractivity contribution in [2.75, 3.05) is 13.1 Å². The monoisotopic (exact) mass is 447 g/mol. The highest BCUT2D eigenvalue weighted by atomic mass is 127. The smallest absolute Gasteiger partial charge is 0.194 e. The van der Waals surface area contributed by atoms with E-state index in [1.165, 1.54) is 0 Å². The summed E-state index contributed by atoms with van der Waals surface area (Å²) in [5, 5.41) is 5.47. The first-order chi connectivity index (χ1) is 10.3. The van der Waals surface area contributed by atoms with E-state index in [9.17, 15) is 0 Å². The lowest BCUT2D eigenvalue weighted by atomic mass is 9.65. The van der Waals surface area contributed by atoms with E-state index >= 15 is 0 Å². The number of aromatic nitrogens is 2. The number of nitrogens with zero attached hydrogens (tertiary/aromatic N) is 4. The Morgan fingerprint density at radius 2 is 2.13 bits per heavy atom. The molecule has 0 aliphatic carbocycles. The van der Waals surface area contributed by atoms with Gasteiger partial charge in [-0.05, 0) is 20.8 Å². The average Bonchev–Trinajstić information content (AvgIpc) is 3.02. The van der Waals surface area contributed by atoms with Crippen molar-refractivity contribution in [1.29, 1.82) is 0 Å². The SMILES string of the molecule is CCNC(=NCc1cn2ccsc2n1)N1CC(C)(C)C1(C)C.I. The van der Waals surface area contributed by atoms with Gasteiger partial charge in [0.05, 0.1) is 12.2 Å². The van der Waals surface area contributed by atoms with Crippen molar-refractivity contribution in [3.8, 4) is 0 Å². The fourth-order valence-electron chi connectivity index (χ4n) is 2.80. The summed E-state index contributed by atoms with van der Waals surface area (Å²) in [5.41, 5.74) is 1.43. The summed E-state index contributed by atoms with van der Waals surface area (Å²) in [6.07, 6.45) is 4.09. The number of guanidine groups is 1. The minimum absolute atomic E-state index is 0. The first-order valence-electron chi connectivity index (χ1n) is 7.82. The third-order valence-electron chi connectivity index (χ3n) is 5.01. The molecule has 1 saturated heterocycles. The Balaban J connectivity index is 0.00000192. The Hall–Kier alpha value is -0.830. The van der Waals surface area contributed by atoms with Crippen LogP contribution in [-0.2, 0) is 6.54 Å². The Kier molecular flexibility index (Phi) is 5.30. The van der Waals surface area contributed by atoms with Crippen molar-refractivity contribution < 1.29 is 0 Å². The molecule has 0 amide bonds. The summed E-state index contributed by atoms with van der Waals surface area (Å²) in [5.74, 6) is 0.989. The maximum atomic E-state index is 4.80. The number of halogens is 1. The molecule has 1 fully saturated rings. The van der Waals surface area contributed by atoms with Crippen LogP contribution < -0.4 is 5.32 Å². The Labute approximate surface area is 159 Å². The molecule has 0 saturated carbocycles. The van der Waals surface area contributed by atoms with Gasteiger partial charge in [-0.1, -0.05) is 13.8 Å². The Morgan fingerprint density at radius 1 is 1.39 bits per heavy atom. The molecule has 1 N–H and O–H groups in total. The lowest BCUT2D eigenvalue weighted by molar-refractivity contribution is -0.0667. The number of fused-ring (bicyclic) bond motifs is 1. The second-order valence-electron chi connectivity index (χ2n) is 7.02. The molecule has 0 bridgehead atoms. The zero-order chi connectivity index (χ0) is 16.0. The van der Waals surface area contributed by atoms with E-state index in [0.717, 1.165) is 29.7 Å². The predicted molar refractivity (Wildman–Crippen MR) is 108 cm³/mol. The average molecular weight is 447 g/mol. The van der Waals surface area contributed by atoms with Crippen LogP contribution >= 0.6 is 35.3 Å². The molecule has 0 radical (unpaired) electrons. The van der Waals surface area contributed by atoms with Crippen LogP contribution in [0.5, 0.6) is 0 Å². The molecular formula is C16H26IN5S. The van der Waals surface area contributed by atoms with E-state index in [4.69, 9.17) is 4.99 Å². The molecular weight excluding hydrogens is 421 g/mol. The summed E-state index contributed by atoms with van der Waals surface area (Å²) in [6.45, 7) is 13.8. The van der Waals surface area contributed by atoms with E-state index in [2.05, 4.69) is 60.4 Å². The molecule has 2 aromatic rings. The van der Waals surface area contributed by atoms with E-state index in [-0.39, 0.29) is 29.5 Å². The quantitative estimate of drug-likeness (QED) is 0.444. The Morgan fingerprint density at radius 3 is 2.70 bits per heavy atom. The molecule has 0 unspecified atom stereocenters. The van der Waals surface area contributed by atoms with Gasteiger partial charge in [-0.15, -0.1) is 35.3 Å². The van der Waals surface area contributed by atoms with Crippen molar-refractivity contribution in [2.45, 2.75) is 46.7 Å². The third kappa shape index (κ3) is 3.22. The number of imidazole rings is 1. The van der Waals surface area contributed by atoms with Crippen molar-refractivity contribution in [1.82, 2.24) is 19.6 Å². The molecule has 1 aliphatic rings. The number of aliphatic imine (C=N–C) groups is 1. The van der Waals surface area contributed by atoms with Crippen molar-refractivity contribution in [3.63, 3.8) is 0 Å². The van der Waals surface area contributed by atoms with Crippen molar-refractivity contribution in [2.24, 2.45) is 10.4 Å². The fraction of sp³-hybridized carbons (Fsp3) is 0.625. The summed E-state index contributed by atoms with van der Waals surface area (Å²) in [6, 6.07) is 0. The van der Waals surface area contributed by atoms with Crippen molar-refractivity contribution >= 4 is 46.2 Å². The minimum Gasteiger partial charge on any atom is -0.356 e. The highest BCUT2D eigenvalue weighted by molar-refractivity contribution is 14.0. The standard InChI is InChI=1S/C16H25N5S.HI/c1-6-17-13(21-11-15(2,3)16(21,4)5)18-9-12-10-20-7-8-22-14(20)19-12;/h7-8,10H,6,9,11H2,1-5H3,(H,17,18);1H. The van der Waals surface area contributed by atoms with Gasteiger partial charge in [-0.2, -0.15) is 0 Å². The van der Waals surface area contributed by atoms with E-state index in [1.54, 1.807) is 11.3 Å². The highest BCUT2D eigenvalue weighted by Crippen LogP contribution is 2.46. The van der Waals surface area contributed by atoms with E-state index in [1.807, 2.05) is 11.6 Å². The lowest BCUT2D eigenvalue weighted by Crippen LogP contribution is -2.72.